The number of esters is 1. The number of aryl methyl sites for hydroxylation is 1. The highest BCUT2D eigenvalue weighted by molar-refractivity contribution is 8.00. The summed E-state index contributed by atoms with van der Waals surface area (Å²) in [6.45, 7) is 3.39. The Bertz CT molecular complexity index is 550. The van der Waals surface area contributed by atoms with E-state index >= 15 is 0 Å². The standard InChI is InChI=1S/C13H12F3NO2S/c1-3-8-5-10(12(18)19-4-2)11(6-9(8)7-17)20-13(14,15)16/h5-6H,3-4H2,1-2H3. The van der Waals surface area contributed by atoms with Crippen LogP contribution in [-0.4, -0.2) is 18.1 Å². The molecule has 0 aliphatic carbocycles. The van der Waals surface area contributed by atoms with Crippen LogP contribution in [-0.2, 0) is 11.2 Å². The second kappa shape index (κ2) is 6.66. The van der Waals surface area contributed by atoms with Gasteiger partial charge in [-0.2, -0.15) is 18.4 Å². The number of hydrogen-bond acceptors (Lipinski definition) is 4. The van der Waals surface area contributed by atoms with Crippen LogP contribution in [0, 0.1) is 11.3 Å². The third kappa shape index (κ3) is 4.17. The zero-order valence-electron chi connectivity index (χ0n) is 10.9. The Balaban J connectivity index is 3.37. The first kappa shape index (κ1) is 16.4. The van der Waals surface area contributed by atoms with E-state index in [2.05, 4.69) is 0 Å². The van der Waals surface area contributed by atoms with Crippen molar-refractivity contribution in [2.24, 2.45) is 0 Å². The topological polar surface area (TPSA) is 50.1 Å². The molecule has 1 aromatic carbocycles. The number of thioether (sulfide) groups is 1. The zero-order chi connectivity index (χ0) is 15.3. The lowest BCUT2D eigenvalue weighted by atomic mass is 10.0. The van der Waals surface area contributed by atoms with Crippen LogP contribution in [0.25, 0.3) is 0 Å². The molecule has 0 atom stereocenters. The summed E-state index contributed by atoms with van der Waals surface area (Å²) in [5.41, 5.74) is -4.05. The van der Waals surface area contributed by atoms with Crippen LogP contribution in [0.2, 0.25) is 0 Å². The highest BCUT2D eigenvalue weighted by Crippen LogP contribution is 2.39. The first-order chi connectivity index (χ1) is 9.32. The van der Waals surface area contributed by atoms with Gasteiger partial charge >= 0.3 is 11.5 Å². The number of hydrogen-bond donors (Lipinski definition) is 0. The smallest absolute Gasteiger partial charge is 0.446 e. The van der Waals surface area contributed by atoms with Crippen LogP contribution >= 0.6 is 11.8 Å². The average Bonchev–Trinajstić information content (AvgIpc) is 2.36. The second-order valence-corrected chi connectivity index (χ2v) is 4.85. The molecule has 0 saturated carbocycles. The third-order valence-corrected chi connectivity index (χ3v) is 3.22. The fraction of sp³-hybridized carbons (Fsp3) is 0.385. The van der Waals surface area contributed by atoms with Gasteiger partial charge in [-0.15, -0.1) is 0 Å². The summed E-state index contributed by atoms with van der Waals surface area (Å²) in [4.78, 5) is 11.4. The molecule has 0 amide bonds. The maximum atomic E-state index is 12.5. The number of nitrogens with zero attached hydrogens (tertiary/aromatic N) is 1. The lowest BCUT2D eigenvalue weighted by Crippen LogP contribution is -2.10. The van der Waals surface area contributed by atoms with Crippen LogP contribution in [0.5, 0.6) is 0 Å². The van der Waals surface area contributed by atoms with E-state index in [0.717, 1.165) is 6.07 Å². The number of benzene rings is 1. The second-order valence-electron chi connectivity index (χ2n) is 3.74. The molecule has 0 aromatic heterocycles. The van der Waals surface area contributed by atoms with Crippen molar-refractivity contribution >= 4 is 17.7 Å². The average molecular weight is 303 g/mol. The van der Waals surface area contributed by atoms with Crippen molar-refractivity contribution in [2.75, 3.05) is 6.61 Å². The van der Waals surface area contributed by atoms with Gasteiger partial charge in [0.2, 0.25) is 0 Å². The van der Waals surface area contributed by atoms with Gasteiger partial charge in [-0.3, -0.25) is 0 Å². The van der Waals surface area contributed by atoms with Crippen molar-refractivity contribution in [3.05, 3.63) is 28.8 Å². The highest BCUT2D eigenvalue weighted by atomic mass is 32.2. The predicted molar refractivity (Wildman–Crippen MR) is 68.4 cm³/mol. The summed E-state index contributed by atoms with van der Waals surface area (Å²) in [6, 6.07) is 4.22. The van der Waals surface area contributed by atoms with E-state index in [9.17, 15) is 18.0 Å². The normalized spacial score (nSPS) is 11.0. The summed E-state index contributed by atoms with van der Waals surface area (Å²) < 4.78 is 42.3. The van der Waals surface area contributed by atoms with Crippen molar-refractivity contribution in [3.8, 4) is 6.07 Å². The molecule has 0 bridgehead atoms. The van der Waals surface area contributed by atoms with Crippen LogP contribution in [0.1, 0.15) is 35.3 Å². The zero-order valence-corrected chi connectivity index (χ0v) is 11.7. The number of alkyl halides is 3. The van der Waals surface area contributed by atoms with E-state index in [0.29, 0.717) is 12.0 Å². The molecule has 20 heavy (non-hydrogen) atoms. The molecule has 108 valence electrons. The molecule has 0 fully saturated rings. The van der Waals surface area contributed by atoms with E-state index in [1.807, 2.05) is 6.07 Å². The number of rotatable bonds is 4. The van der Waals surface area contributed by atoms with Crippen molar-refractivity contribution in [2.45, 2.75) is 30.7 Å². The molecule has 7 heteroatoms. The lowest BCUT2D eigenvalue weighted by Gasteiger charge is -2.13. The van der Waals surface area contributed by atoms with Gasteiger partial charge in [0.05, 0.1) is 23.8 Å². The van der Waals surface area contributed by atoms with Gasteiger partial charge < -0.3 is 4.74 Å². The Labute approximate surface area is 118 Å². The first-order valence-corrected chi connectivity index (χ1v) is 6.63. The Hall–Kier alpha value is -1.68. The number of ether oxygens (including phenoxy) is 1. The molecule has 3 nitrogen and oxygen atoms in total. The molecular formula is C13H12F3NO2S. The minimum atomic E-state index is -4.54. The van der Waals surface area contributed by atoms with Crippen molar-refractivity contribution in [3.63, 3.8) is 0 Å². The quantitative estimate of drug-likeness (QED) is 0.625. The van der Waals surface area contributed by atoms with Gasteiger partial charge in [0, 0.05) is 4.90 Å². The van der Waals surface area contributed by atoms with E-state index in [-0.39, 0.29) is 22.6 Å². The SMILES string of the molecule is CCOC(=O)c1cc(CC)c(C#N)cc1SC(F)(F)F. The minimum absolute atomic E-state index is 0.0659. The number of carbonyl (C=O) groups is 1. The molecular weight excluding hydrogens is 291 g/mol. The maximum Gasteiger partial charge on any atom is 0.446 e. The molecule has 1 aromatic rings. The molecule has 0 spiro atoms. The molecule has 0 radical (unpaired) electrons. The third-order valence-electron chi connectivity index (χ3n) is 2.43. The Morgan fingerprint density at radius 3 is 2.50 bits per heavy atom. The van der Waals surface area contributed by atoms with Gasteiger partial charge in [0.1, 0.15) is 0 Å². The van der Waals surface area contributed by atoms with E-state index in [4.69, 9.17) is 10.00 Å². The molecule has 0 aliphatic heterocycles. The summed E-state index contributed by atoms with van der Waals surface area (Å²) >= 11 is -0.422. The molecule has 0 unspecified atom stereocenters. The van der Waals surface area contributed by atoms with Crippen molar-refractivity contribution in [1.82, 2.24) is 0 Å². The van der Waals surface area contributed by atoms with Gasteiger partial charge in [0.25, 0.3) is 0 Å². The van der Waals surface area contributed by atoms with Crippen molar-refractivity contribution in [1.29, 1.82) is 5.26 Å². The summed E-state index contributed by atoms with van der Waals surface area (Å²) in [6.07, 6.45) is 0.437. The van der Waals surface area contributed by atoms with Gasteiger partial charge in [-0.1, -0.05) is 6.92 Å². The van der Waals surface area contributed by atoms with E-state index in [1.54, 1.807) is 13.8 Å². The van der Waals surface area contributed by atoms with Gasteiger partial charge in [-0.25, -0.2) is 4.79 Å². The Morgan fingerprint density at radius 1 is 1.40 bits per heavy atom. The number of nitriles is 1. The largest absolute Gasteiger partial charge is 0.462 e. The van der Waals surface area contributed by atoms with Crippen LogP contribution in [0.3, 0.4) is 0 Å². The summed E-state index contributed by atoms with van der Waals surface area (Å²) in [5.74, 6) is -0.821. The van der Waals surface area contributed by atoms with Crippen LogP contribution < -0.4 is 0 Å². The highest BCUT2D eigenvalue weighted by Gasteiger charge is 2.32. The van der Waals surface area contributed by atoms with Crippen LogP contribution in [0.4, 0.5) is 13.2 Å². The molecule has 0 heterocycles. The monoisotopic (exact) mass is 303 g/mol. The molecule has 0 aliphatic rings. The fourth-order valence-corrected chi connectivity index (χ4v) is 2.28. The Morgan fingerprint density at radius 2 is 2.05 bits per heavy atom. The number of carbonyl (C=O) groups excluding carboxylic acids is 1. The summed E-state index contributed by atoms with van der Waals surface area (Å²) in [7, 11) is 0. The number of halogens is 3. The minimum Gasteiger partial charge on any atom is -0.462 e. The lowest BCUT2D eigenvalue weighted by molar-refractivity contribution is -0.0328. The predicted octanol–water partition coefficient (Wildman–Crippen LogP) is 3.91. The van der Waals surface area contributed by atoms with E-state index < -0.39 is 23.2 Å². The fourth-order valence-electron chi connectivity index (χ4n) is 1.60. The maximum absolute atomic E-state index is 12.5. The Kier molecular flexibility index (Phi) is 5.45. The van der Waals surface area contributed by atoms with Gasteiger partial charge in [0.15, 0.2) is 0 Å². The molecule has 0 saturated heterocycles. The van der Waals surface area contributed by atoms with Crippen molar-refractivity contribution < 1.29 is 22.7 Å². The van der Waals surface area contributed by atoms with Gasteiger partial charge in [-0.05, 0) is 42.8 Å². The molecule has 0 N–H and O–H groups in total. The molecule has 1 rings (SSSR count). The summed E-state index contributed by atoms with van der Waals surface area (Å²) in [5, 5.41) is 8.95. The van der Waals surface area contributed by atoms with Crippen LogP contribution in [0.15, 0.2) is 17.0 Å². The van der Waals surface area contributed by atoms with E-state index in [1.165, 1.54) is 6.07 Å². The first-order valence-electron chi connectivity index (χ1n) is 5.82.